The molecule has 0 aliphatic rings. The Labute approximate surface area is 105 Å². The summed E-state index contributed by atoms with van der Waals surface area (Å²) in [4.78, 5) is 22.8. The largest absolute Gasteiger partial charge is 0.478 e. The highest BCUT2D eigenvalue weighted by molar-refractivity contribution is 5.84. The van der Waals surface area contributed by atoms with Gasteiger partial charge in [-0.05, 0) is 26.3 Å². The van der Waals surface area contributed by atoms with Crippen LogP contribution in [0, 0.1) is 13.8 Å². The maximum absolute atomic E-state index is 9.77. The second-order valence-electron chi connectivity index (χ2n) is 3.72. The summed E-state index contributed by atoms with van der Waals surface area (Å²) in [5, 5.41) is 14.8. The number of aromatic amines is 1. The van der Waals surface area contributed by atoms with Crippen molar-refractivity contribution in [2.24, 2.45) is 4.99 Å². The fourth-order valence-electron chi connectivity index (χ4n) is 0.994. The lowest BCUT2D eigenvalue weighted by Crippen LogP contribution is -1.92. The number of rotatable bonds is 4. The monoisotopic (exact) mass is 251 g/mol. The number of nitrogens with one attached hydrogen (secondary N) is 1. The van der Waals surface area contributed by atoms with E-state index in [1.54, 1.807) is 0 Å². The van der Waals surface area contributed by atoms with E-state index in [-0.39, 0.29) is 5.57 Å². The number of carbonyl (C=O) groups excluding carboxylic acids is 1. The lowest BCUT2D eigenvalue weighted by atomic mass is 10.2. The SMILES string of the molecule is C=C(C)C(=O)O.Cc1n[nH]c(CCN=C=O)c1C. The molecule has 0 amide bonds. The lowest BCUT2D eigenvalue weighted by molar-refractivity contribution is -0.132. The Morgan fingerprint density at radius 2 is 2.11 bits per heavy atom. The van der Waals surface area contributed by atoms with Gasteiger partial charge in [0, 0.05) is 17.7 Å². The molecule has 1 rings (SSSR count). The zero-order valence-electron chi connectivity index (χ0n) is 10.8. The Hall–Kier alpha value is -2.20. The van der Waals surface area contributed by atoms with Crippen LogP contribution in [0.1, 0.15) is 23.9 Å². The van der Waals surface area contributed by atoms with Gasteiger partial charge < -0.3 is 5.11 Å². The Bertz CT molecular complexity index is 459. The van der Waals surface area contributed by atoms with Crippen LogP contribution in [-0.4, -0.2) is 33.9 Å². The van der Waals surface area contributed by atoms with E-state index in [1.807, 2.05) is 13.8 Å². The molecule has 18 heavy (non-hydrogen) atoms. The third kappa shape index (κ3) is 5.77. The highest BCUT2D eigenvalue weighted by Gasteiger charge is 2.03. The molecular formula is C12H17N3O3. The molecule has 6 nitrogen and oxygen atoms in total. The van der Waals surface area contributed by atoms with Crippen molar-refractivity contribution >= 4 is 12.0 Å². The van der Waals surface area contributed by atoms with Crippen LogP contribution in [0.2, 0.25) is 0 Å². The van der Waals surface area contributed by atoms with Crippen molar-refractivity contribution < 1.29 is 14.7 Å². The molecule has 0 bridgehead atoms. The summed E-state index contributed by atoms with van der Waals surface area (Å²) in [7, 11) is 0. The number of H-pyrrole nitrogens is 1. The highest BCUT2D eigenvalue weighted by atomic mass is 16.4. The molecule has 0 fully saturated rings. The molecule has 1 heterocycles. The van der Waals surface area contributed by atoms with Crippen LogP contribution in [0.25, 0.3) is 0 Å². The maximum Gasteiger partial charge on any atom is 0.330 e. The normalized spacial score (nSPS) is 8.83. The van der Waals surface area contributed by atoms with E-state index in [9.17, 15) is 9.59 Å². The Balaban J connectivity index is 0.000000411. The van der Waals surface area contributed by atoms with E-state index in [4.69, 9.17) is 5.11 Å². The summed E-state index contributed by atoms with van der Waals surface area (Å²) in [6.45, 7) is 9.02. The topological polar surface area (TPSA) is 95.4 Å². The summed E-state index contributed by atoms with van der Waals surface area (Å²) in [6.07, 6.45) is 2.23. The smallest absolute Gasteiger partial charge is 0.330 e. The Morgan fingerprint density at radius 1 is 1.56 bits per heavy atom. The van der Waals surface area contributed by atoms with Crippen molar-refractivity contribution in [2.45, 2.75) is 27.2 Å². The molecule has 2 N–H and O–H groups in total. The third-order valence-electron chi connectivity index (χ3n) is 2.26. The number of carboxylic acid groups (broad SMARTS) is 1. The standard InChI is InChI=1S/C8H11N3O.C4H6O2/c1-6-7(2)10-11-8(6)3-4-9-5-12;1-3(2)4(5)6/h3-4H2,1-2H3,(H,10,11);1H2,2H3,(H,5,6). The molecule has 0 aliphatic carbocycles. The molecule has 6 heteroatoms. The van der Waals surface area contributed by atoms with Crippen LogP contribution in [0.5, 0.6) is 0 Å². The molecule has 0 spiro atoms. The molecule has 0 saturated heterocycles. The van der Waals surface area contributed by atoms with Crippen LogP contribution in [-0.2, 0) is 16.0 Å². The second-order valence-corrected chi connectivity index (χ2v) is 3.72. The van der Waals surface area contributed by atoms with E-state index in [1.165, 1.54) is 13.0 Å². The summed E-state index contributed by atoms with van der Waals surface area (Å²) >= 11 is 0. The summed E-state index contributed by atoms with van der Waals surface area (Å²) in [6, 6.07) is 0. The molecule has 0 aliphatic heterocycles. The molecule has 0 radical (unpaired) electrons. The maximum atomic E-state index is 9.77. The molecular weight excluding hydrogens is 234 g/mol. The van der Waals surface area contributed by atoms with Gasteiger partial charge in [0.05, 0.1) is 12.2 Å². The van der Waals surface area contributed by atoms with Crippen LogP contribution < -0.4 is 0 Å². The van der Waals surface area contributed by atoms with Crippen LogP contribution in [0.4, 0.5) is 0 Å². The molecule has 1 aromatic heterocycles. The summed E-state index contributed by atoms with van der Waals surface area (Å²) in [5.41, 5.74) is 3.37. The van der Waals surface area contributed by atoms with Gasteiger partial charge in [-0.1, -0.05) is 6.58 Å². The summed E-state index contributed by atoms with van der Waals surface area (Å²) in [5.74, 6) is -0.935. The molecule has 98 valence electrons. The zero-order valence-corrected chi connectivity index (χ0v) is 10.8. The van der Waals surface area contributed by atoms with Crippen LogP contribution in [0.15, 0.2) is 17.1 Å². The quantitative estimate of drug-likeness (QED) is 0.482. The number of nitrogens with zero attached hydrogens (tertiary/aromatic N) is 2. The van der Waals surface area contributed by atoms with E-state index in [0.29, 0.717) is 6.54 Å². The summed E-state index contributed by atoms with van der Waals surface area (Å²) < 4.78 is 0. The zero-order chi connectivity index (χ0) is 14.1. The van der Waals surface area contributed by atoms with Crippen molar-refractivity contribution in [3.8, 4) is 0 Å². The first kappa shape index (κ1) is 15.8. The minimum Gasteiger partial charge on any atom is -0.478 e. The predicted octanol–water partition coefficient (Wildman–Crippen LogP) is 1.55. The number of aromatic nitrogens is 2. The van der Waals surface area contributed by atoms with E-state index in [0.717, 1.165) is 23.4 Å². The number of carboxylic acids is 1. The molecule has 0 saturated carbocycles. The van der Waals surface area contributed by atoms with Gasteiger partial charge in [-0.25, -0.2) is 14.6 Å². The number of isocyanates is 1. The predicted molar refractivity (Wildman–Crippen MR) is 67.2 cm³/mol. The van der Waals surface area contributed by atoms with Gasteiger partial charge in [-0.15, -0.1) is 0 Å². The van der Waals surface area contributed by atoms with Crippen molar-refractivity contribution in [1.82, 2.24) is 10.2 Å². The third-order valence-corrected chi connectivity index (χ3v) is 2.26. The van der Waals surface area contributed by atoms with Gasteiger partial charge in [0.25, 0.3) is 0 Å². The van der Waals surface area contributed by atoms with Crippen LogP contribution in [0.3, 0.4) is 0 Å². The number of hydrogen-bond acceptors (Lipinski definition) is 4. The number of aryl methyl sites for hydroxylation is 1. The molecule has 0 atom stereocenters. The minimum atomic E-state index is -0.935. The minimum absolute atomic E-state index is 0.176. The lowest BCUT2D eigenvalue weighted by Gasteiger charge is -1.93. The molecule has 0 aromatic carbocycles. The Morgan fingerprint density at radius 3 is 2.44 bits per heavy atom. The first-order chi connectivity index (χ1) is 8.40. The van der Waals surface area contributed by atoms with E-state index >= 15 is 0 Å². The highest BCUT2D eigenvalue weighted by Crippen LogP contribution is 2.08. The van der Waals surface area contributed by atoms with E-state index in [2.05, 4.69) is 21.8 Å². The number of aliphatic carboxylic acids is 1. The van der Waals surface area contributed by atoms with E-state index < -0.39 is 5.97 Å². The first-order valence-electron chi connectivity index (χ1n) is 5.33. The van der Waals surface area contributed by atoms with Gasteiger partial charge >= 0.3 is 5.97 Å². The van der Waals surface area contributed by atoms with Gasteiger partial charge in [0.1, 0.15) is 0 Å². The van der Waals surface area contributed by atoms with Gasteiger partial charge in [0.2, 0.25) is 6.08 Å². The average molecular weight is 251 g/mol. The van der Waals surface area contributed by atoms with Crippen LogP contribution >= 0.6 is 0 Å². The van der Waals surface area contributed by atoms with Crippen molar-refractivity contribution in [3.05, 3.63) is 29.1 Å². The van der Waals surface area contributed by atoms with Crippen molar-refractivity contribution in [2.75, 3.05) is 6.54 Å². The molecule has 1 aromatic rings. The Kier molecular flexibility index (Phi) is 7.00. The fraction of sp³-hybridized carbons (Fsp3) is 0.417. The fourth-order valence-corrected chi connectivity index (χ4v) is 0.994. The number of hydrogen-bond donors (Lipinski definition) is 2. The first-order valence-corrected chi connectivity index (χ1v) is 5.33. The van der Waals surface area contributed by atoms with Crippen molar-refractivity contribution in [1.29, 1.82) is 0 Å². The average Bonchev–Trinajstić information content (AvgIpc) is 2.62. The van der Waals surface area contributed by atoms with Gasteiger partial charge in [0.15, 0.2) is 0 Å². The molecule has 0 unspecified atom stereocenters. The second kappa shape index (κ2) is 7.97. The van der Waals surface area contributed by atoms with Crippen molar-refractivity contribution in [3.63, 3.8) is 0 Å². The number of carbonyl (C=O) groups is 1. The van der Waals surface area contributed by atoms with Gasteiger partial charge in [-0.2, -0.15) is 5.10 Å². The number of aliphatic imine (C=N–C) groups is 1. The van der Waals surface area contributed by atoms with Gasteiger partial charge in [-0.3, -0.25) is 5.10 Å².